The van der Waals surface area contributed by atoms with E-state index >= 15 is 0 Å². The van der Waals surface area contributed by atoms with Gasteiger partial charge in [-0.3, -0.25) is 14.3 Å². The average Bonchev–Trinajstić information content (AvgIpc) is 2.60. The van der Waals surface area contributed by atoms with Crippen LogP contribution < -0.4 is 4.72 Å². The van der Waals surface area contributed by atoms with E-state index in [1.54, 1.807) is 31.2 Å². The fraction of sp³-hybridized carbons (Fsp3) is 0.263. The molecule has 0 saturated heterocycles. The summed E-state index contributed by atoms with van der Waals surface area (Å²) in [4.78, 5) is 26.1. The van der Waals surface area contributed by atoms with E-state index in [4.69, 9.17) is 0 Å². The number of hydrogen-bond acceptors (Lipinski definition) is 4. The number of carbonyl (C=O) groups is 2. The molecule has 0 radical (unpaired) electrons. The number of fused-ring (bicyclic) bond motifs is 1. The summed E-state index contributed by atoms with van der Waals surface area (Å²) in [6, 6.07) is 11.9. The van der Waals surface area contributed by atoms with Gasteiger partial charge >= 0.3 is 5.97 Å². The molecular formula is C19H20N2O5S. The molecule has 142 valence electrons. The molecule has 1 amide bonds. The van der Waals surface area contributed by atoms with Crippen LogP contribution >= 0.6 is 0 Å². The normalized spacial score (nSPS) is 16.5. The van der Waals surface area contributed by atoms with Gasteiger partial charge in [-0.1, -0.05) is 30.3 Å². The molecule has 1 aliphatic heterocycles. The maximum absolute atomic E-state index is 13.0. The van der Waals surface area contributed by atoms with Gasteiger partial charge in [0.05, 0.1) is 17.9 Å². The third-order valence-electron chi connectivity index (χ3n) is 4.56. The van der Waals surface area contributed by atoms with Crippen molar-refractivity contribution in [3.8, 4) is 0 Å². The zero-order valence-corrected chi connectivity index (χ0v) is 15.8. The molecule has 2 N–H and O–H groups in total. The number of sulfonamides is 1. The summed E-state index contributed by atoms with van der Waals surface area (Å²) >= 11 is 0. The highest BCUT2D eigenvalue weighted by molar-refractivity contribution is 7.92. The summed E-state index contributed by atoms with van der Waals surface area (Å²) in [5.74, 6) is -2.12. The van der Waals surface area contributed by atoms with Crippen LogP contribution in [0.15, 0.2) is 42.5 Å². The predicted molar refractivity (Wildman–Crippen MR) is 101 cm³/mol. The van der Waals surface area contributed by atoms with E-state index in [2.05, 4.69) is 4.72 Å². The van der Waals surface area contributed by atoms with E-state index in [0.29, 0.717) is 23.4 Å². The number of hydrogen-bond donors (Lipinski definition) is 2. The number of rotatable bonds is 4. The average molecular weight is 388 g/mol. The number of anilines is 1. The first kappa shape index (κ1) is 18.9. The molecule has 0 bridgehead atoms. The Morgan fingerprint density at radius 2 is 1.89 bits per heavy atom. The zero-order chi connectivity index (χ0) is 19.8. The molecule has 2 aromatic carbocycles. The largest absolute Gasteiger partial charge is 0.481 e. The molecular weight excluding hydrogens is 368 g/mol. The number of carbonyl (C=O) groups excluding carboxylic acids is 1. The summed E-state index contributed by atoms with van der Waals surface area (Å²) < 4.78 is 25.4. The van der Waals surface area contributed by atoms with Crippen LogP contribution in [0.2, 0.25) is 0 Å². The molecule has 27 heavy (non-hydrogen) atoms. The lowest BCUT2D eigenvalue weighted by Gasteiger charge is -2.33. The van der Waals surface area contributed by atoms with Crippen LogP contribution in [0.4, 0.5) is 5.69 Å². The first-order valence-corrected chi connectivity index (χ1v) is 10.2. The summed E-state index contributed by atoms with van der Waals surface area (Å²) in [6.45, 7) is 2.11. The molecule has 1 aliphatic rings. The highest BCUT2D eigenvalue weighted by Gasteiger charge is 2.32. The summed E-state index contributed by atoms with van der Waals surface area (Å²) in [6.07, 6.45) is 1.04. The maximum Gasteiger partial charge on any atom is 0.312 e. The smallest absolute Gasteiger partial charge is 0.312 e. The zero-order valence-electron chi connectivity index (χ0n) is 15.0. The number of benzene rings is 2. The van der Waals surface area contributed by atoms with Crippen LogP contribution in [0, 0.1) is 6.92 Å². The Morgan fingerprint density at radius 1 is 1.19 bits per heavy atom. The molecule has 7 nitrogen and oxygen atoms in total. The van der Waals surface area contributed by atoms with E-state index in [1.807, 2.05) is 12.1 Å². The van der Waals surface area contributed by atoms with Crippen molar-refractivity contribution in [3.63, 3.8) is 0 Å². The number of nitrogens with one attached hydrogen (secondary N) is 1. The van der Waals surface area contributed by atoms with Gasteiger partial charge in [0.1, 0.15) is 0 Å². The molecule has 0 saturated carbocycles. The number of aryl methyl sites for hydroxylation is 1. The van der Waals surface area contributed by atoms with E-state index < -0.39 is 21.9 Å². The topological polar surface area (TPSA) is 104 Å². The lowest BCUT2D eigenvalue weighted by Crippen LogP contribution is -2.40. The Bertz CT molecular complexity index is 1020. The number of amides is 1. The van der Waals surface area contributed by atoms with E-state index in [1.165, 1.54) is 11.0 Å². The second-order valence-electron chi connectivity index (χ2n) is 6.68. The van der Waals surface area contributed by atoms with Crippen LogP contribution in [-0.4, -0.2) is 43.1 Å². The van der Waals surface area contributed by atoms with E-state index in [-0.39, 0.29) is 12.5 Å². The van der Waals surface area contributed by atoms with Gasteiger partial charge in [0.2, 0.25) is 10.0 Å². The Hall–Kier alpha value is -2.87. The third kappa shape index (κ3) is 4.11. The Balaban J connectivity index is 1.93. The van der Waals surface area contributed by atoms with Crippen molar-refractivity contribution in [2.24, 2.45) is 0 Å². The number of carboxylic acids is 1. The number of aliphatic carboxylic acids is 1. The fourth-order valence-electron chi connectivity index (χ4n) is 3.22. The second-order valence-corrected chi connectivity index (χ2v) is 8.43. The molecule has 8 heteroatoms. The van der Waals surface area contributed by atoms with Gasteiger partial charge in [0.15, 0.2) is 0 Å². The molecule has 2 aromatic rings. The monoisotopic (exact) mass is 388 g/mol. The first-order chi connectivity index (χ1) is 12.7. The molecule has 1 heterocycles. The third-order valence-corrected chi connectivity index (χ3v) is 5.15. The van der Waals surface area contributed by atoms with Gasteiger partial charge < -0.3 is 10.0 Å². The van der Waals surface area contributed by atoms with Gasteiger partial charge in [-0.2, -0.15) is 0 Å². The quantitative estimate of drug-likeness (QED) is 0.836. The highest BCUT2D eigenvalue weighted by Crippen LogP contribution is 2.30. The number of carboxylic acid groups (broad SMARTS) is 1. The summed E-state index contributed by atoms with van der Waals surface area (Å²) in [5.41, 5.74) is 2.83. The molecule has 0 fully saturated rings. The van der Waals surface area contributed by atoms with Crippen molar-refractivity contribution < 1.29 is 23.1 Å². The van der Waals surface area contributed by atoms with Crippen molar-refractivity contribution in [1.29, 1.82) is 0 Å². The van der Waals surface area contributed by atoms with Crippen molar-refractivity contribution in [2.45, 2.75) is 19.4 Å². The molecule has 0 spiro atoms. The Morgan fingerprint density at radius 3 is 2.56 bits per heavy atom. The van der Waals surface area contributed by atoms with Gasteiger partial charge in [-0.25, -0.2) is 8.42 Å². The van der Waals surface area contributed by atoms with Crippen LogP contribution in [0.1, 0.15) is 33.0 Å². The van der Waals surface area contributed by atoms with Crippen LogP contribution in [-0.2, 0) is 21.4 Å². The van der Waals surface area contributed by atoms with Gasteiger partial charge in [-0.15, -0.1) is 0 Å². The molecule has 1 unspecified atom stereocenters. The first-order valence-electron chi connectivity index (χ1n) is 8.34. The lowest BCUT2D eigenvalue weighted by atomic mass is 9.89. The van der Waals surface area contributed by atoms with Crippen molar-refractivity contribution in [1.82, 2.24) is 4.90 Å². The van der Waals surface area contributed by atoms with Crippen molar-refractivity contribution >= 4 is 27.6 Å². The van der Waals surface area contributed by atoms with Gasteiger partial charge in [0.25, 0.3) is 5.91 Å². The molecule has 0 aromatic heterocycles. The Kier molecular flexibility index (Phi) is 4.93. The molecule has 3 rings (SSSR count). The SMILES string of the molecule is Cc1ccc(C(=O)N2Cc3ccccc3C(C(=O)O)C2)cc1NS(C)(=O)=O. The minimum Gasteiger partial charge on any atom is -0.481 e. The van der Waals surface area contributed by atoms with Crippen molar-refractivity contribution in [2.75, 3.05) is 17.5 Å². The van der Waals surface area contributed by atoms with Crippen molar-refractivity contribution in [3.05, 3.63) is 64.7 Å². The van der Waals surface area contributed by atoms with E-state index in [9.17, 15) is 23.1 Å². The minimum atomic E-state index is -3.48. The fourth-order valence-corrected chi connectivity index (χ4v) is 3.84. The predicted octanol–water partition coefficient (Wildman–Crippen LogP) is 2.19. The Labute approximate surface area is 157 Å². The summed E-state index contributed by atoms with van der Waals surface area (Å²) in [7, 11) is -3.48. The van der Waals surface area contributed by atoms with Crippen LogP contribution in [0.5, 0.6) is 0 Å². The van der Waals surface area contributed by atoms with Gasteiger partial charge in [-0.05, 0) is 35.7 Å². The van der Waals surface area contributed by atoms with Crippen LogP contribution in [0.3, 0.4) is 0 Å². The minimum absolute atomic E-state index is 0.0634. The summed E-state index contributed by atoms with van der Waals surface area (Å²) in [5, 5.41) is 9.55. The maximum atomic E-state index is 13.0. The standard InChI is InChI=1S/C19H20N2O5S/c1-12-7-8-13(9-17(12)20-27(2,25)26)18(22)21-10-14-5-3-4-6-15(14)16(11-21)19(23)24/h3-9,16,20H,10-11H2,1-2H3,(H,23,24). The lowest BCUT2D eigenvalue weighted by molar-refractivity contribution is -0.139. The second kappa shape index (κ2) is 7.03. The molecule has 1 atom stereocenters. The van der Waals surface area contributed by atoms with Gasteiger partial charge in [0, 0.05) is 18.7 Å². The van der Waals surface area contributed by atoms with E-state index in [0.717, 1.165) is 17.4 Å². The highest BCUT2D eigenvalue weighted by atomic mass is 32.2. The number of nitrogens with zero attached hydrogens (tertiary/aromatic N) is 1. The molecule has 0 aliphatic carbocycles. The van der Waals surface area contributed by atoms with Crippen LogP contribution in [0.25, 0.3) is 0 Å².